The van der Waals surface area contributed by atoms with E-state index < -0.39 is 10.0 Å². The standard InChI is InChI=1S/C20H22N2O5S/c1-27-19-9-5-4-8-16(19)22-28(25,26)15-10-11-18(23)17(13-15)21-20(24)12-14-6-2-3-7-14/h2,4-6,8-11,13-14,22-23H,3,7,12H2,1H3,(H,21,24). The van der Waals surface area contributed by atoms with E-state index in [0.29, 0.717) is 5.75 Å². The Morgan fingerprint density at radius 1 is 1.21 bits per heavy atom. The minimum Gasteiger partial charge on any atom is -0.506 e. The largest absolute Gasteiger partial charge is 0.506 e. The molecule has 1 amide bonds. The molecule has 2 aromatic rings. The highest BCUT2D eigenvalue weighted by Gasteiger charge is 2.20. The number of allylic oxidation sites excluding steroid dienone is 2. The second-order valence-electron chi connectivity index (χ2n) is 6.50. The highest BCUT2D eigenvalue weighted by atomic mass is 32.2. The second-order valence-corrected chi connectivity index (χ2v) is 8.19. The third kappa shape index (κ3) is 4.64. The number of ether oxygens (including phenoxy) is 1. The minimum atomic E-state index is -3.95. The molecule has 8 heteroatoms. The number of benzene rings is 2. The molecule has 0 aliphatic heterocycles. The number of carbonyl (C=O) groups excluding carboxylic acids is 1. The molecular formula is C20H22N2O5S. The number of nitrogens with one attached hydrogen (secondary N) is 2. The van der Waals surface area contributed by atoms with Gasteiger partial charge in [-0.1, -0.05) is 24.3 Å². The van der Waals surface area contributed by atoms with E-state index in [4.69, 9.17) is 4.74 Å². The van der Waals surface area contributed by atoms with Crippen molar-refractivity contribution in [3.05, 3.63) is 54.6 Å². The van der Waals surface area contributed by atoms with Crippen LogP contribution in [0.3, 0.4) is 0 Å². The molecule has 0 fully saturated rings. The van der Waals surface area contributed by atoms with Gasteiger partial charge in [0.2, 0.25) is 5.91 Å². The van der Waals surface area contributed by atoms with Gasteiger partial charge in [0, 0.05) is 6.42 Å². The van der Waals surface area contributed by atoms with Crippen LogP contribution in [0.25, 0.3) is 0 Å². The van der Waals surface area contributed by atoms with E-state index in [-0.39, 0.29) is 40.3 Å². The Hall–Kier alpha value is -3.00. The van der Waals surface area contributed by atoms with Crippen molar-refractivity contribution in [2.75, 3.05) is 17.1 Å². The third-order valence-corrected chi connectivity index (χ3v) is 5.83. The van der Waals surface area contributed by atoms with E-state index in [2.05, 4.69) is 10.0 Å². The smallest absolute Gasteiger partial charge is 0.262 e. The maximum atomic E-state index is 12.7. The summed E-state index contributed by atoms with van der Waals surface area (Å²) < 4.78 is 33.1. The first-order valence-electron chi connectivity index (χ1n) is 8.84. The van der Waals surface area contributed by atoms with Crippen molar-refractivity contribution < 1.29 is 23.1 Å². The van der Waals surface area contributed by atoms with Crippen LogP contribution in [0.4, 0.5) is 11.4 Å². The van der Waals surface area contributed by atoms with Gasteiger partial charge in [-0.2, -0.15) is 0 Å². The molecule has 3 N–H and O–H groups in total. The number of hydrogen-bond acceptors (Lipinski definition) is 5. The first-order chi connectivity index (χ1) is 13.4. The van der Waals surface area contributed by atoms with E-state index in [1.165, 1.54) is 25.3 Å². The van der Waals surface area contributed by atoms with Gasteiger partial charge in [-0.25, -0.2) is 8.42 Å². The van der Waals surface area contributed by atoms with Gasteiger partial charge in [0.1, 0.15) is 11.5 Å². The lowest BCUT2D eigenvalue weighted by Gasteiger charge is -2.14. The van der Waals surface area contributed by atoms with Gasteiger partial charge in [0.05, 0.1) is 23.4 Å². The Bertz CT molecular complexity index is 1000. The first-order valence-corrected chi connectivity index (χ1v) is 10.3. The molecular weight excluding hydrogens is 380 g/mol. The highest BCUT2D eigenvalue weighted by Crippen LogP contribution is 2.30. The number of phenols is 1. The fourth-order valence-electron chi connectivity index (χ4n) is 3.02. The van der Waals surface area contributed by atoms with Gasteiger partial charge < -0.3 is 15.2 Å². The van der Waals surface area contributed by atoms with Crippen molar-refractivity contribution in [1.29, 1.82) is 0 Å². The molecule has 1 aliphatic rings. The first kappa shape index (κ1) is 19.8. The lowest BCUT2D eigenvalue weighted by molar-refractivity contribution is -0.116. The summed E-state index contributed by atoms with van der Waals surface area (Å²) in [7, 11) is -2.50. The van der Waals surface area contributed by atoms with Crippen molar-refractivity contribution in [1.82, 2.24) is 0 Å². The van der Waals surface area contributed by atoms with E-state index in [9.17, 15) is 18.3 Å². The Balaban J connectivity index is 1.79. The number of amides is 1. The fourth-order valence-corrected chi connectivity index (χ4v) is 4.12. The van der Waals surface area contributed by atoms with Crippen LogP contribution >= 0.6 is 0 Å². The summed E-state index contributed by atoms with van der Waals surface area (Å²) in [5.41, 5.74) is 0.339. The lowest BCUT2D eigenvalue weighted by Crippen LogP contribution is -2.17. The summed E-state index contributed by atoms with van der Waals surface area (Å²) in [6.45, 7) is 0. The molecule has 1 atom stereocenters. The van der Waals surface area contributed by atoms with Crippen molar-refractivity contribution in [3.63, 3.8) is 0 Å². The van der Waals surface area contributed by atoms with Gasteiger partial charge in [-0.05, 0) is 49.1 Å². The molecule has 0 heterocycles. The molecule has 7 nitrogen and oxygen atoms in total. The molecule has 1 aliphatic carbocycles. The van der Waals surface area contributed by atoms with Crippen LogP contribution < -0.4 is 14.8 Å². The SMILES string of the molecule is COc1ccccc1NS(=O)(=O)c1ccc(O)c(NC(=O)CC2C=CCC2)c1. The summed E-state index contributed by atoms with van der Waals surface area (Å²) in [5, 5.41) is 12.6. The Labute approximate surface area is 164 Å². The zero-order chi connectivity index (χ0) is 20.1. The summed E-state index contributed by atoms with van der Waals surface area (Å²) in [6, 6.07) is 10.4. The second kappa shape index (κ2) is 8.35. The van der Waals surface area contributed by atoms with Crippen molar-refractivity contribution in [2.24, 2.45) is 5.92 Å². The number of anilines is 2. The van der Waals surface area contributed by atoms with E-state index >= 15 is 0 Å². The number of aromatic hydroxyl groups is 1. The maximum absolute atomic E-state index is 12.7. The number of hydrogen-bond donors (Lipinski definition) is 3. The predicted octanol–water partition coefficient (Wildman–Crippen LogP) is 3.50. The predicted molar refractivity (Wildman–Crippen MR) is 107 cm³/mol. The number of rotatable bonds is 7. The van der Waals surface area contributed by atoms with Gasteiger partial charge in [0.25, 0.3) is 10.0 Å². The topological polar surface area (TPSA) is 105 Å². The molecule has 0 spiro atoms. The molecule has 0 saturated carbocycles. The summed E-state index contributed by atoms with van der Waals surface area (Å²) in [5.74, 6) is 0.0647. The van der Waals surface area contributed by atoms with Gasteiger partial charge >= 0.3 is 0 Å². The van der Waals surface area contributed by atoms with Crippen LogP contribution in [-0.4, -0.2) is 26.5 Å². The van der Waals surface area contributed by atoms with Crippen LogP contribution in [-0.2, 0) is 14.8 Å². The quantitative estimate of drug-likeness (QED) is 0.486. The summed E-state index contributed by atoms with van der Waals surface area (Å²) in [6.07, 6.45) is 6.18. The van der Waals surface area contributed by atoms with Crippen molar-refractivity contribution in [2.45, 2.75) is 24.2 Å². The van der Waals surface area contributed by atoms with Crippen LogP contribution in [0.1, 0.15) is 19.3 Å². The average Bonchev–Trinajstić information content (AvgIpc) is 3.16. The Kier molecular flexibility index (Phi) is 5.89. The summed E-state index contributed by atoms with van der Waals surface area (Å²) >= 11 is 0. The lowest BCUT2D eigenvalue weighted by atomic mass is 10.1. The van der Waals surface area contributed by atoms with E-state index in [1.807, 2.05) is 12.2 Å². The molecule has 1 unspecified atom stereocenters. The van der Waals surface area contributed by atoms with Crippen molar-refractivity contribution in [3.8, 4) is 11.5 Å². The monoisotopic (exact) mass is 402 g/mol. The Morgan fingerprint density at radius 2 is 2.00 bits per heavy atom. The molecule has 2 aromatic carbocycles. The summed E-state index contributed by atoms with van der Waals surface area (Å²) in [4.78, 5) is 12.1. The molecule has 0 radical (unpaired) electrons. The number of methoxy groups -OCH3 is 1. The van der Waals surface area contributed by atoms with Crippen molar-refractivity contribution >= 4 is 27.3 Å². The van der Waals surface area contributed by atoms with E-state index in [0.717, 1.165) is 12.8 Å². The number of phenolic OH excluding ortho intramolecular Hbond substituents is 1. The van der Waals surface area contributed by atoms with Gasteiger partial charge in [-0.15, -0.1) is 0 Å². The fraction of sp³-hybridized carbons (Fsp3) is 0.250. The van der Waals surface area contributed by atoms with Crippen LogP contribution in [0.2, 0.25) is 0 Å². The minimum absolute atomic E-state index is 0.0508. The number of carbonyl (C=O) groups is 1. The van der Waals surface area contributed by atoms with Crippen LogP contribution in [0.15, 0.2) is 59.5 Å². The van der Waals surface area contributed by atoms with Crippen LogP contribution in [0.5, 0.6) is 11.5 Å². The molecule has 0 saturated heterocycles. The van der Waals surface area contributed by atoms with Crippen LogP contribution in [0, 0.1) is 5.92 Å². The molecule has 148 valence electrons. The number of para-hydroxylation sites is 2. The van der Waals surface area contributed by atoms with Gasteiger partial charge in [-0.3, -0.25) is 9.52 Å². The van der Waals surface area contributed by atoms with Gasteiger partial charge in [0.15, 0.2) is 0 Å². The number of sulfonamides is 1. The third-order valence-electron chi connectivity index (χ3n) is 4.46. The average molecular weight is 402 g/mol. The molecule has 28 heavy (non-hydrogen) atoms. The normalized spacial score (nSPS) is 16.0. The zero-order valence-electron chi connectivity index (χ0n) is 15.4. The molecule has 3 rings (SSSR count). The Morgan fingerprint density at radius 3 is 2.71 bits per heavy atom. The molecule has 0 bridgehead atoms. The highest BCUT2D eigenvalue weighted by molar-refractivity contribution is 7.92. The van der Waals surface area contributed by atoms with E-state index in [1.54, 1.807) is 24.3 Å². The maximum Gasteiger partial charge on any atom is 0.262 e. The zero-order valence-corrected chi connectivity index (χ0v) is 16.2. The molecule has 0 aromatic heterocycles.